The Bertz CT molecular complexity index is 1560. The molecule has 2 saturated heterocycles. The van der Waals surface area contributed by atoms with Crippen molar-refractivity contribution in [2.45, 2.75) is 42.6 Å². The fourth-order valence-electron chi connectivity index (χ4n) is 4.47. The fourth-order valence-corrected chi connectivity index (χ4v) is 5.39. The number of aryl methyl sites for hydroxylation is 1. The largest absolute Gasteiger partial charge is 0.497 e. The van der Waals surface area contributed by atoms with E-state index in [1.165, 1.54) is 23.1 Å². The Balaban J connectivity index is 1.29. The predicted octanol–water partition coefficient (Wildman–Crippen LogP) is 1.91. The van der Waals surface area contributed by atoms with Crippen LogP contribution >= 0.6 is 0 Å². The zero-order valence-electron chi connectivity index (χ0n) is 20.4. The molecule has 0 radical (unpaired) electrons. The third kappa shape index (κ3) is 4.35. The molecular formula is C24H24N6O7S. The van der Waals surface area contributed by atoms with Crippen LogP contribution in [-0.4, -0.2) is 65.4 Å². The number of benzene rings is 2. The second kappa shape index (κ2) is 9.56. The third-order valence-corrected chi connectivity index (χ3v) is 7.76. The molecule has 4 heterocycles. The van der Waals surface area contributed by atoms with Crippen molar-refractivity contribution in [3.63, 3.8) is 0 Å². The van der Waals surface area contributed by atoms with Crippen LogP contribution in [0.5, 0.6) is 5.75 Å². The van der Waals surface area contributed by atoms with Gasteiger partial charge in [0.1, 0.15) is 30.4 Å². The molecule has 6 rings (SSSR count). The van der Waals surface area contributed by atoms with E-state index in [9.17, 15) is 8.42 Å². The summed E-state index contributed by atoms with van der Waals surface area (Å²) in [6.07, 6.45) is -2.47. The van der Waals surface area contributed by atoms with Crippen LogP contribution in [0.2, 0.25) is 0 Å². The summed E-state index contributed by atoms with van der Waals surface area (Å²) in [7, 11) is -2.46. The van der Waals surface area contributed by atoms with E-state index in [0.29, 0.717) is 16.9 Å². The fraction of sp³-hybridized carbons (Fsp3) is 0.333. The van der Waals surface area contributed by atoms with Crippen LogP contribution in [0.3, 0.4) is 0 Å². The van der Waals surface area contributed by atoms with Gasteiger partial charge in [0.05, 0.1) is 18.6 Å². The van der Waals surface area contributed by atoms with Crippen LogP contribution in [0.4, 0.5) is 5.82 Å². The van der Waals surface area contributed by atoms with E-state index >= 15 is 0 Å². The van der Waals surface area contributed by atoms with Gasteiger partial charge < -0.3 is 24.7 Å². The maximum atomic E-state index is 12.8. The summed E-state index contributed by atoms with van der Waals surface area (Å²) in [6, 6.07) is 13.6. The minimum atomic E-state index is -4.04. The quantitative estimate of drug-likeness (QED) is 0.339. The molecule has 2 fully saturated rings. The van der Waals surface area contributed by atoms with Gasteiger partial charge in [0.15, 0.2) is 29.5 Å². The zero-order chi connectivity index (χ0) is 26.4. The van der Waals surface area contributed by atoms with Gasteiger partial charge in [-0.2, -0.15) is 13.1 Å². The molecule has 4 aromatic rings. The third-order valence-electron chi connectivity index (χ3n) is 6.46. The first-order valence-corrected chi connectivity index (χ1v) is 13.1. The number of ether oxygens (including phenoxy) is 4. The lowest BCUT2D eigenvalue weighted by Crippen LogP contribution is -2.32. The minimum Gasteiger partial charge on any atom is -0.497 e. The number of nitrogen functional groups attached to an aromatic ring is 1. The van der Waals surface area contributed by atoms with Gasteiger partial charge in [-0.1, -0.05) is 35.0 Å². The van der Waals surface area contributed by atoms with Crippen molar-refractivity contribution < 1.29 is 31.5 Å². The van der Waals surface area contributed by atoms with Crippen molar-refractivity contribution in [2.75, 3.05) is 19.5 Å². The number of nitrogens with zero attached hydrogens (tertiary/aromatic N) is 5. The molecule has 2 aliphatic heterocycles. The van der Waals surface area contributed by atoms with E-state index in [1.54, 1.807) is 31.4 Å². The smallest absolute Gasteiger partial charge is 0.297 e. The Morgan fingerprint density at radius 1 is 1.00 bits per heavy atom. The summed E-state index contributed by atoms with van der Waals surface area (Å²) >= 11 is 0. The molecule has 198 valence electrons. The van der Waals surface area contributed by atoms with Crippen molar-refractivity contribution in [3.05, 3.63) is 66.0 Å². The average Bonchev–Trinajstić information content (AvgIpc) is 3.62. The second-order valence-corrected chi connectivity index (χ2v) is 10.5. The van der Waals surface area contributed by atoms with Crippen molar-refractivity contribution in [3.8, 4) is 5.75 Å². The van der Waals surface area contributed by atoms with E-state index in [1.807, 2.05) is 19.1 Å². The van der Waals surface area contributed by atoms with Crippen molar-refractivity contribution >= 4 is 27.1 Å². The lowest BCUT2D eigenvalue weighted by molar-refractivity contribution is -0.154. The van der Waals surface area contributed by atoms with Gasteiger partial charge in [-0.15, -0.1) is 5.10 Å². The molecule has 2 aromatic heterocycles. The summed E-state index contributed by atoms with van der Waals surface area (Å²) < 4.78 is 56.4. The van der Waals surface area contributed by atoms with E-state index in [4.69, 9.17) is 28.9 Å². The van der Waals surface area contributed by atoms with Crippen LogP contribution in [0.15, 0.2) is 59.8 Å². The Morgan fingerprint density at radius 3 is 2.47 bits per heavy atom. The summed E-state index contributed by atoms with van der Waals surface area (Å²) in [6.45, 7) is 1.56. The highest BCUT2D eigenvalue weighted by molar-refractivity contribution is 7.86. The summed E-state index contributed by atoms with van der Waals surface area (Å²) in [5, 5.41) is 8.24. The number of methoxy groups -OCH3 is 1. The number of hydrogen-bond donors (Lipinski definition) is 1. The van der Waals surface area contributed by atoms with E-state index in [0.717, 1.165) is 11.1 Å². The van der Waals surface area contributed by atoms with E-state index in [2.05, 4.69) is 20.3 Å². The lowest BCUT2D eigenvalue weighted by Gasteiger charge is -2.20. The molecule has 2 N–H and O–H groups in total. The van der Waals surface area contributed by atoms with Gasteiger partial charge in [-0.25, -0.2) is 9.97 Å². The lowest BCUT2D eigenvalue weighted by atomic mass is 10.1. The van der Waals surface area contributed by atoms with Crippen molar-refractivity contribution in [2.24, 2.45) is 0 Å². The topological polar surface area (TPSA) is 163 Å². The van der Waals surface area contributed by atoms with E-state index in [-0.39, 0.29) is 17.3 Å². The number of rotatable bonds is 7. The average molecular weight is 541 g/mol. The molecule has 0 saturated carbocycles. The van der Waals surface area contributed by atoms with Gasteiger partial charge in [0.25, 0.3) is 10.1 Å². The molecule has 0 bridgehead atoms. The molecule has 0 spiro atoms. The van der Waals surface area contributed by atoms with Crippen molar-refractivity contribution in [1.29, 1.82) is 0 Å². The first kappa shape index (κ1) is 24.6. The Hall–Kier alpha value is -3.69. The molecule has 14 heteroatoms. The van der Waals surface area contributed by atoms with E-state index < -0.39 is 40.9 Å². The van der Waals surface area contributed by atoms with Crippen LogP contribution in [0, 0.1) is 6.92 Å². The zero-order valence-corrected chi connectivity index (χ0v) is 21.2. The number of hydrogen-bond acceptors (Lipinski definition) is 12. The molecule has 13 nitrogen and oxygen atoms in total. The predicted molar refractivity (Wildman–Crippen MR) is 131 cm³/mol. The second-order valence-electron chi connectivity index (χ2n) is 8.89. The monoisotopic (exact) mass is 540 g/mol. The number of anilines is 1. The highest BCUT2D eigenvalue weighted by atomic mass is 32.2. The Kier molecular flexibility index (Phi) is 6.20. The normalized spacial score (nSPS) is 25.1. The van der Waals surface area contributed by atoms with Crippen LogP contribution in [0.1, 0.15) is 23.6 Å². The first-order valence-electron chi connectivity index (χ1n) is 11.7. The maximum Gasteiger partial charge on any atom is 0.297 e. The molecular weight excluding hydrogens is 516 g/mol. The Morgan fingerprint density at radius 2 is 1.74 bits per heavy atom. The molecule has 5 atom stereocenters. The molecule has 5 unspecified atom stereocenters. The minimum absolute atomic E-state index is 0.0448. The maximum absolute atomic E-state index is 12.8. The van der Waals surface area contributed by atoms with Crippen molar-refractivity contribution in [1.82, 2.24) is 25.0 Å². The SMILES string of the molecule is COc1ccc(C2OC3C(COS(=O)(=O)c4ccc(C)cc4)OC(n4nnc5c(N)ncnc54)C3O2)cc1. The van der Waals surface area contributed by atoms with Crippen LogP contribution in [0.25, 0.3) is 11.2 Å². The molecule has 0 aliphatic carbocycles. The van der Waals surface area contributed by atoms with Crippen LogP contribution in [-0.2, 0) is 28.5 Å². The van der Waals surface area contributed by atoms with Gasteiger partial charge in [-0.3, -0.25) is 4.18 Å². The van der Waals surface area contributed by atoms with Gasteiger partial charge in [0.2, 0.25) is 0 Å². The number of fused-ring (bicyclic) bond motifs is 2. The first-order chi connectivity index (χ1) is 18.3. The summed E-state index contributed by atoms with van der Waals surface area (Å²) in [5.74, 6) is 0.853. The highest BCUT2D eigenvalue weighted by Gasteiger charge is 2.55. The Labute approximate surface area is 217 Å². The highest BCUT2D eigenvalue weighted by Crippen LogP contribution is 2.45. The number of nitrogens with two attached hydrogens (primary N) is 1. The molecule has 2 aromatic carbocycles. The summed E-state index contributed by atoms with van der Waals surface area (Å²) in [5.41, 5.74) is 8.25. The number of aromatic nitrogens is 5. The van der Waals surface area contributed by atoms with Crippen LogP contribution < -0.4 is 10.5 Å². The summed E-state index contributed by atoms with van der Waals surface area (Å²) in [4.78, 5) is 8.23. The standard InChI is InChI=1S/C24H24N6O7S/c1-13-3-9-16(10-4-13)38(31,32)34-11-17-19-20(37-24(36-19)14-5-7-15(33-2)8-6-14)23(35-17)30-22-18(28-29-30)21(25)26-12-27-22/h3-10,12,17,19-20,23-24H,11H2,1-2H3,(H2,25,26,27). The van der Waals surface area contributed by atoms with Gasteiger partial charge in [-0.05, 0) is 31.2 Å². The van der Waals surface area contributed by atoms with Gasteiger partial charge >= 0.3 is 0 Å². The molecule has 38 heavy (non-hydrogen) atoms. The molecule has 2 aliphatic rings. The van der Waals surface area contributed by atoms with Gasteiger partial charge in [0, 0.05) is 5.56 Å². The molecule has 0 amide bonds.